The maximum atomic E-state index is 12.6. The van der Waals surface area contributed by atoms with E-state index in [9.17, 15) is 24.9 Å². The van der Waals surface area contributed by atoms with Crippen LogP contribution in [0.5, 0.6) is 0 Å². The number of carbonyl (C=O) groups excluding carboxylic acids is 2. The normalized spacial score (nSPS) is 36.6. The van der Waals surface area contributed by atoms with Crippen LogP contribution in [0.3, 0.4) is 0 Å². The zero-order valence-electron chi connectivity index (χ0n) is 31.4. The van der Waals surface area contributed by atoms with Crippen LogP contribution in [0.4, 0.5) is 0 Å². The molecule has 0 saturated heterocycles. The van der Waals surface area contributed by atoms with Crippen LogP contribution in [-0.2, 0) is 14.3 Å². The summed E-state index contributed by atoms with van der Waals surface area (Å²) < 4.78 is 5.21. The molecule has 11 atom stereocenters. The first-order valence-electron chi connectivity index (χ1n) is 20.8. The summed E-state index contributed by atoms with van der Waals surface area (Å²) in [5.74, 6) is 0.738. The largest absolute Gasteiger partial charge is 0.393 e. The first-order valence-corrected chi connectivity index (χ1v) is 20.8. The Morgan fingerprint density at radius 3 is 1.88 bits per heavy atom. The first kappa shape index (κ1) is 39.8. The van der Waals surface area contributed by atoms with E-state index in [1.807, 2.05) is 0 Å². The predicted octanol–water partition coefficient (Wildman–Crippen LogP) is 9.70. The highest BCUT2D eigenvalue weighted by Gasteiger charge is 2.65. The summed E-state index contributed by atoms with van der Waals surface area (Å²) in [5, 5.41) is 33.7. The summed E-state index contributed by atoms with van der Waals surface area (Å²) in [6.45, 7) is 9.08. The number of ether oxygens (including phenoxy) is 1. The molecule has 4 rings (SSSR count). The van der Waals surface area contributed by atoms with Crippen molar-refractivity contribution >= 4 is 11.9 Å². The van der Waals surface area contributed by atoms with Gasteiger partial charge in [-0.25, -0.2) is 0 Å². The molecule has 6 nitrogen and oxygen atoms in total. The van der Waals surface area contributed by atoms with Gasteiger partial charge in [-0.1, -0.05) is 118 Å². The predicted molar refractivity (Wildman–Crippen MR) is 193 cm³/mol. The van der Waals surface area contributed by atoms with E-state index in [1.165, 1.54) is 77.0 Å². The molecule has 0 heterocycles. The second kappa shape index (κ2) is 19.0. The number of hydrogen-bond acceptors (Lipinski definition) is 6. The quantitative estimate of drug-likeness (QED) is 0.0675. The number of aliphatic hydroxyl groups excluding tert-OH is 3. The molecule has 4 saturated carbocycles. The van der Waals surface area contributed by atoms with Crippen molar-refractivity contribution in [3.05, 3.63) is 0 Å². The van der Waals surface area contributed by atoms with Gasteiger partial charge in [0.25, 0.3) is 0 Å². The smallest absolute Gasteiger partial charge is 0.313 e. The van der Waals surface area contributed by atoms with Crippen LogP contribution in [0.2, 0.25) is 0 Å². The van der Waals surface area contributed by atoms with E-state index in [1.54, 1.807) is 0 Å². The van der Waals surface area contributed by atoms with Crippen LogP contribution < -0.4 is 0 Å². The number of esters is 2. The number of hydrogen-bond donors (Lipinski definition) is 3. The SMILES string of the molecule is CCCCCCCCCCCCCCCCCC(=O)OC(=O)CC[C@@H](C)[C@H]1CC[C@H]2[C@@H]3[C@H](O)C[C@@H]4C[C@H](O)CC[C@]4(C)[C@H]3C[C@H](O)[C@]12C. The Morgan fingerprint density at radius 2 is 1.27 bits per heavy atom. The van der Waals surface area contributed by atoms with Gasteiger partial charge < -0.3 is 20.1 Å². The highest BCUT2D eigenvalue weighted by atomic mass is 16.6. The summed E-state index contributed by atoms with van der Waals surface area (Å²) in [6, 6.07) is 0. The van der Waals surface area contributed by atoms with Crippen molar-refractivity contribution in [3.63, 3.8) is 0 Å². The Kier molecular flexibility index (Phi) is 15.8. The maximum absolute atomic E-state index is 12.6. The molecule has 4 fully saturated rings. The summed E-state index contributed by atoms with van der Waals surface area (Å²) in [5.41, 5.74) is -0.218. The van der Waals surface area contributed by atoms with Gasteiger partial charge in [0.15, 0.2) is 0 Å². The van der Waals surface area contributed by atoms with Crippen molar-refractivity contribution in [3.8, 4) is 0 Å². The van der Waals surface area contributed by atoms with Crippen LogP contribution in [0.15, 0.2) is 0 Å². The van der Waals surface area contributed by atoms with Gasteiger partial charge in [-0.2, -0.15) is 0 Å². The topological polar surface area (TPSA) is 104 Å². The van der Waals surface area contributed by atoms with Crippen LogP contribution in [0.25, 0.3) is 0 Å². The molecule has 0 aliphatic heterocycles. The zero-order chi connectivity index (χ0) is 34.7. The molecular formula is C42H74O6. The third-order valence-corrected chi connectivity index (χ3v) is 14.5. The van der Waals surface area contributed by atoms with Gasteiger partial charge in [0.2, 0.25) is 0 Å². The Morgan fingerprint density at radius 1 is 0.708 bits per heavy atom. The molecule has 0 spiro atoms. The number of fused-ring (bicyclic) bond motifs is 5. The Balaban J connectivity index is 1.09. The fourth-order valence-electron chi connectivity index (χ4n) is 11.5. The van der Waals surface area contributed by atoms with E-state index in [2.05, 4.69) is 27.7 Å². The lowest BCUT2D eigenvalue weighted by Crippen LogP contribution is -2.62. The third-order valence-electron chi connectivity index (χ3n) is 14.5. The lowest BCUT2D eigenvalue weighted by atomic mass is 9.43. The minimum Gasteiger partial charge on any atom is -0.393 e. The molecule has 278 valence electrons. The minimum absolute atomic E-state index is 0.0673. The molecule has 0 radical (unpaired) electrons. The molecule has 0 aromatic heterocycles. The average Bonchev–Trinajstić information content (AvgIpc) is 3.41. The Bertz CT molecular complexity index is 983. The molecule has 0 aromatic rings. The zero-order valence-corrected chi connectivity index (χ0v) is 31.4. The van der Waals surface area contributed by atoms with Crippen molar-refractivity contribution in [2.75, 3.05) is 0 Å². The molecule has 0 amide bonds. The molecule has 4 aliphatic carbocycles. The number of unbranched alkanes of at least 4 members (excludes halogenated alkanes) is 14. The molecule has 3 N–H and O–H groups in total. The van der Waals surface area contributed by atoms with Crippen molar-refractivity contribution in [2.24, 2.45) is 46.3 Å². The van der Waals surface area contributed by atoms with E-state index < -0.39 is 18.0 Å². The van der Waals surface area contributed by atoms with E-state index in [4.69, 9.17) is 4.74 Å². The maximum Gasteiger partial charge on any atom is 0.313 e. The van der Waals surface area contributed by atoms with Gasteiger partial charge in [0.1, 0.15) is 0 Å². The first-order chi connectivity index (χ1) is 23.0. The van der Waals surface area contributed by atoms with Gasteiger partial charge >= 0.3 is 11.9 Å². The van der Waals surface area contributed by atoms with Gasteiger partial charge in [-0.15, -0.1) is 0 Å². The standard InChI is InChI=1S/C42H74O6/c1-5-6-7-8-9-10-11-12-13-14-15-16-17-18-19-20-38(46)48-39(47)24-21-30(2)33-22-23-34-40-35(29-37(45)42(33,34)4)41(3)26-25-32(43)27-31(41)28-36(40)44/h30-37,40,43-45H,5-29H2,1-4H3/t30-,31+,32-,33-,34+,35+,36-,37+,40+,41+,42-/m1/s1. The van der Waals surface area contributed by atoms with Crippen LogP contribution in [-0.4, -0.2) is 45.6 Å². The summed E-state index contributed by atoms with van der Waals surface area (Å²) >= 11 is 0. The molecule has 4 aliphatic rings. The molecular weight excluding hydrogens is 600 g/mol. The molecule has 6 heteroatoms. The average molecular weight is 675 g/mol. The highest BCUT2D eigenvalue weighted by molar-refractivity contribution is 5.85. The molecule has 0 aromatic carbocycles. The summed E-state index contributed by atoms with van der Waals surface area (Å²) in [7, 11) is 0. The molecule has 0 bridgehead atoms. The van der Waals surface area contributed by atoms with Gasteiger partial charge in [-0.05, 0) is 104 Å². The van der Waals surface area contributed by atoms with Crippen LogP contribution >= 0.6 is 0 Å². The second-order valence-electron chi connectivity index (χ2n) is 17.6. The van der Waals surface area contributed by atoms with Crippen molar-refractivity contribution in [1.82, 2.24) is 0 Å². The highest BCUT2D eigenvalue weighted by Crippen LogP contribution is 2.68. The van der Waals surface area contributed by atoms with Crippen LogP contribution in [0.1, 0.15) is 188 Å². The van der Waals surface area contributed by atoms with Crippen LogP contribution in [0, 0.1) is 46.3 Å². The van der Waals surface area contributed by atoms with E-state index in [0.29, 0.717) is 18.8 Å². The van der Waals surface area contributed by atoms with Crippen molar-refractivity contribution in [2.45, 2.75) is 207 Å². The lowest BCUT2D eigenvalue weighted by Gasteiger charge is -2.63. The summed E-state index contributed by atoms with van der Waals surface area (Å²) in [4.78, 5) is 25.0. The van der Waals surface area contributed by atoms with E-state index >= 15 is 0 Å². The molecule has 48 heavy (non-hydrogen) atoms. The van der Waals surface area contributed by atoms with Gasteiger partial charge in [-0.3, -0.25) is 9.59 Å². The van der Waals surface area contributed by atoms with E-state index in [0.717, 1.165) is 64.2 Å². The third kappa shape index (κ3) is 9.87. The van der Waals surface area contributed by atoms with Crippen molar-refractivity contribution < 1.29 is 29.6 Å². The summed E-state index contributed by atoms with van der Waals surface area (Å²) in [6.07, 6.45) is 25.4. The Labute approximate surface area is 293 Å². The minimum atomic E-state index is -0.434. The molecule has 0 unspecified atom stereocenters. The number of aliphatic hydroxyl groups is 3. The number of carbonyl (C=O) groups is 2. The van der Waals surface area contributed by atoms with E-state index in [-0.39, 0.29) is 59.0 Å². The van der Waals surface area contributed by atoms with Crippen molar-refractivity contribution in [1.29, 1.82) is 0 Å². The fourth-order valence-corrected chi connectivity index (χ4v) is 11.5. The monoisotopic (exact) mass is 675 g/mol. The fraction of sp³-hybridized carbons (Fsp3) is 0.952. The van der Waals surface area contributed by atoms with Gasteiger partial charge in [0.05, 0.1) is 18.3 Å². The lowest BCUT2D eigenvalue weighted by molar-refractivity contribution is -0.207. The second-order valence-corrected chi connectivity index (χ2v) is 17.6. The van der Waals surface area contributed by atoms with Gasteiger partial charge in [0, 0.05) is 12.8 Å². The number of rotatable bonds is 20. The Hall–Kier alpha value is -0.980.